The summed E-state index contributed by atoms with van der Waals surface area (Å²) >= 11 is 0. The van der Waals surface area contributed by atoms with Crippen LogP contribution in [-0.4, -0.2) is 47.3 Å². The van der Waals surface area contributed by atoms with Crippen molar-refractivity contribution in [3.63, 3.8) is 0 Å². The topological polar surface area (TPSA) is 60.8 Å². The van der Waals surface area contributed by atoms with Gasteiger partial charge in [-0.15, -0.1) is 0 Å². The highest BCUT2D eigenvalue weighted by atomic mass is 16.4. The zero-order chi connectivity index (χ0) is 8.97. The third kappa shape index (κ3) is 2.79. The van der Waals surface area contributed by atoms with Gasteiger partial charge in [0.2, 0.25) is 0 Å². The molecule has 12 heavy (non-hydrogen) atoms. The highest BCUT2D eigenvalue weighted by Gasteiger charge is 2.19. The summed E-state index contributed by atoms with van der Waals surface area (Å²) in [4.78, 5) is 12.2. The molecule has 1 rings (SSSR count). The van der Waals surface area contributed by atoms with Crippen LogP contribution in [0, 0.1) is 5.92 Å². The van der Waals surface area contributed by atoms with Gasteiger partial charge in [0.15, 0.2) is 0 Å². The number of aliphatic hydroxyl groups excluding tert-OH is 1. The second-order valence-electron chi connectivity index (χ2n) is 3.30. The Bertz CT molecular complexity index is 152. The summed E-state index contributed by atoms with van der Waals surface area (Å²) in [7, 11) is 0. The summed E-state index contributed by atoms with van der Waals surface area (Å²) in [5.41, 5.74) is 0. The first-order valence-corrected chi connectivity index (χ1v) is 4.27. The van der Waals surface area contributed by atoms with Crippen LogP contribution in [0.3, 0.4) is 0 Å². The molecule has 0 aliphatic carbocycles. The maximum absolute atomic E-state index is 10.3. The fourth-order valence-electron chi connectivity index (χ4n) is 1.52. The van der Waals surface area contributed by atoms with E-state index in [9.17, 15) is 4.79 Å². The first-order chi connectivity index (χ1) is 5.72. The monoisotopic (exact) mass is 173 g/mol. The van der Waals surface area contributed by atoms with E-state index >= 15 is 0 Å². The predicted molar refractivity (Wildman–Crippen MR) is 43.9 cm³/mol. The average Bonchev–Trinajstić information content (AvgIpc) is 2.05. The molecule has 1 aliphatic heterocycles. The van der Waals surface area contributed by atoms with Crippen LogP contribution in [0.1, 0.15) is 12.8 Å². The second-order valence-corrected chi connectivity index (χ2v) is 3.30. The van der Waals surface area contributed by atoms with Crippen molar-refractivity contribution >= 4 is 5.97 Å². The molecule has 0 atom stereocenters. The number of carboxylic acids is 1. The van der Waals surface area contributed by atoms with Crippen LogP contribution < -0.4 is 0 Å². The normalized spacial score (nSPS) is 21.1. The molecular formula is C8H15NO3. The van der Waals surface area contributed by atoms with Gasteiger partial charge in [0, 0.05) is 6.61 Å². The molecule has 0 unspecified atom stereocenters. The Morgan fingerprint density at radius 3 is 2.42 bits per heavy atom. The van der Waals surface area contributed by atoms with E-state index in [0.29, 0.717) is 5.92 Å². The number of hydrogen-bond acceptors (Lipinski definition) is 3. The Morgan fingerprint density at radius 2 is 2.00 bits per heavy atom. The largest absolute Gasteiger partial charge is 0.480 e. The number of likely N-dealkylation sites (tertiary alicyclic amines) is 1. The standard InChI is InChI=1S/C8H15NO3/c10-6-7-1-3-9(4-2-7)5-8(11)12/h7,10H,1-6H2,(H,11,12). The van der Waals surface area contributed by atoms with E-state index in [0.717, 1.165) is 25.9 Å². The summed E-state index contributed by atoms with van der Waals surface area (Å²) < 4.78 is 0. The van der Waals surface area contributed by atoms with Crippen molar-refractivity contribution in [2.24, 2.45) is 5.92 Å². The van der Waals surface area contributed by atoms with Crippen LogP contribution in [0.25, 0.3) is 0 Å². The van der Waals surface area contributed by atoms with E-state index < -0.39 is 5.97 Å². The third-order valence-corrected chi connectivity index (χ3v) is 2.32. The van der Waals surface area contributed by atoms with Crippen LogP contribution in [0.5, 0.6) is 0 Å². The summed E-state index contributed by atoms with van der Waals surface area (Å²) in [6.07, 6.45) is 1.84. The molecule has 0 aromatic rings. The first-order valence-electron chi connectivity index (χ1n) is 4.27. The zero-order valence-electron chi connectivity index (χ0n) is 7.07. The fraction of sp³-hybridized carbons (Fsp3) is 0.875. The van der Waals surface area contributed by atoms with Gasteiger partial charge in [-0.3, -0.25) is 9.69 Å². The maximum atomic E-state index is 10.3. The number of rotatable bonds is 3. The van der Waals surface area contributed by atoms with Crippen molar-refractivity contribution in [3.05, 3.63) is 0 Å². The van der Waals surface area contributed by atoms with Gasteiger partial charge in [0.05, 0.1) is 6.54 Å². The third-order valence-electron chi connectivity index (χ3n) is 2.32. The van der Waals surface area contributed by atoms with Crippen LogP contribution >= 0.6 is 0 Å². The molecule has 2 N–H and O–H groups in total. The van der Waals surface area contributed by atoms with Crippen LogP contribution in [0.2, 0.25) is 0 Å². The number of carbonyl (C=O) groups is 1. The maximum Gasteiger partial charge on any atom is 0.317 e. The molecule has 1 saturated heterocycles. The Hall–Kier alpha value is -0.610. The first kappa shape index (κ1) is 9.48. The minimum atomic E-state index is -0.766. The molecule has 4 nitrogen and oxygen atoms in total. The molecule has 1 heterocycles. The molecule has 1 aliphatic rings. The summed E-state index contributed by atoms with van der Waals surface area (Å²) in [6, 6.07) is 0. The van der Waals surface area contributed by atoms with Gasteiger partial charge in [-0.1, -0.05) is 0 Å². The summed E-state index contributed by atoms with van der Waals surface area (Å²) in [6.45, 7) is 1.98. The molecule has 0 saturated carbocycles. The van der Waals surface area contributed by atoms with E-state index in [1.165, 1.54) is 0 Å². The predicted octanol–water partition coefficient (Wildman–Crippen LogP) is -0.225. The lowest BCUT2D eigenvalue weighted by atomic mass is 9.98. The lowest BCUT2D eigenvalue weighted by Crippen LogP contribution is -2.38. The van der Waals surface area contributed by atoms with Gasteiger partial charge in [-0.05, 0) is 31.8 Å². The van der Waals surface area contributed by atoms with Crippen LogP contribution in [-0.2, 0) is 4.79 Å². The number of aliphatic carboxylic acids is 1. The van der Waals surface area contributed by atoms with Gasteiger partial charge in [0.25, 0.3) is 0 Å². The molecule has 70 valence electrons. The number of aliphatic hydroxyl groups is 1. The minimum Gasteiger partial charge on any atom is -0.480 e. The number of carboxylic acid groups (broad SMARTS) is 1. The smallest absolute Gasteiger partial charge is 0.317 e. The van der Waals surface area contributed by atoms with Gasteiger partial charge in [0.1, 0.15) is 0 Å². The second kappa shape index (κ2) is 4.42. The molecule has 0 amide bonds. The molecular weight excluding hydrogens is 158 g/mol. The van der Waals surface area contributed by atoms with Gasteiger partial charge in [-0.2, -0.15) is 0 Å². The Morgan fingerprint density at radius 1 is 1.42 bits per heavy atom. The number of piperidine rings is 1. The molecule has 4 heteroatoms. The van der Waals surface area contributed by atoms with Crippen molar-refractivity contribution in [1.29, 1.82) is 0 Å². The highest BCUT2D eigenvalue weighted by Crippen LogP contribution is 2.15. The lowest BCUT2D eigenvalue weighted by Gasteiger charge is -2.29. The SMILES string of the molecule is O=C(O)CN1CCC(CO)CC1. The quantitative estimate of drug-likeness (QED) is 0.619. The van der Waals surface area contributed by atoms with E-state index in [4.69, 9.17) is 10.2 Å². The zero-order valence-corrected chi connectivity index (χ0v) is 7.07. The van der Waals surface area contributed by atoms with Crippen LogP contribution in [0.4, 0.5) is 0 Å². The summed E-state index contributed by atoms with van der Waals surface area (Å²) in [5.74, 6) is -0.382. The van der Waals surface area contributed by atoms with Crippen molar-refractivity contribution < 1.29 is 15.0 Å². The van der Waals surface area contributed by atoms with E-state index in [1.54, 1.807) is 0 Å². The number of nitrogens with zero attached hydrogens (tertiary/aromatic N) is 1. The Kier molecular flexibility index (Phi) is 3.49. The van der Waals surface area contributed by atoms with E-state index in [2.05, 4.69) is 0 Å². The summed E-state index contributed by atoms with van der Waals surface area (Å²) in [5, 5.41) is 17.3. The fourth-order valence-corrected chi connectivity index (χ4v) is 1.52. The molecule has 0 spiro atoms. The van der Waals surface area contributed by atoms with Gasteiger partial charge < -0.3 is 10.2 Å². The average molecular weight is 173 g/mol. The molecule has 0 aromatic carbocycles. The van der Waals surface area contributed by atoms with Crippen LogP contribution in [0.15, 0.2) is 0 Å². The highest BCUT2D eigenvalue weighted by molar-refractivity contribution is 5.69. The minimum absolute atomic E-state index is 0.137. The Labute approximate surface area is 71.8 Å². The number of hydrogen-bond donors (Lipinski definition) is 2. The molecule has 0 bridgehead atoms. The Balaban J connectivity index is 2.21. The van der Waals surface area contributed by atoms with Crippen molar-refractivity contribution in [2.75, 3.05) is 26.2 Å². The molecule has 1 fully saturated rings. The van der Waals surface area contributed by atoms with Gasteiger partial charge >= 0.3 is 5.97 Å². The molecule has 0 aromatic heterocycles. The van der Waals surface area contributed by atoms with E-state index in [-0.39, 0.29) is 13.2 Å². The van der Waals surface area contributed by atoms with Crippen molar-refractivity contribution in [1.82, 2.24) is 4.90 Å². The lowest BCUT2D eigenvalue weighted by molar-refractivity contribution is -0.138. The van der Waals surface area contributed by atoms with Crippen molar-refractivity contribution in [2.45, 2.75) is 12.8 Å². The molecule has 0 radical (unpaired) electrons. The van der Waals surface area contributed by atoms with Gasteiger partial charge in [-0.25, -0.2) is 0 Å². The van der Waals surface area contributed by atoms with Crippen molar-refractivity contribution in [3.8, 4) is 0 Å². The van der Waals surface area contributed by atoms with E-state index in [1.807, 2.05) is 4.90 Å².